The standard InChI is InChI=1S/C24H27Cl2F3N2O2S/c1-15-5-6-16(12-22(15)32-2)17(4-3-7-31-8-10-33-11-9-31)23(34)30-21-14-20(26)19(25)13-18(21)24(27,28)29/h5-6,12-14,17H,3-4,7-11H2,1-2H3,(H,30,34). The second-order valence-corrected chi connectivity index (χ2v) is 9.43. The second kappa shape index (κ2) is 11.9. The normalized spacial score (nSPS) is 15.7. The van der Waals surface area contributed by atoms with Crippen LogP contribution in [0.4, 0.5) is 18.9 Å². The SMILES string of the molecule is COc1cc(C(CCCN2CCOCC2)C(=S)Nc2cc(Cl)c(Cl)cc2C(F)(F)F)ccc1C. The highest BCUT2D eigenvalue weighted by Crippen LogP contribution is 2.40. The molecule has 0 amide bonds. The number of thiocarbonyl (C=S) groups is 1. The lowest BCUT2D eigenvalue weighted by molar-refractivity contribution is -0.136. The summed E-state index contributed by atoms with van der Waals surface area (Å²) in [4.78, 5) is 2.59. The van der Waals surface area contributed by atoms with Crippen molar-refractivity contribution < 1.29 is 22.6 Å². The van der Waals surface area contributed by atoms with Gasteiger partial charge in [0.05, 0.1) is 46.6 Å². The molecular formula is C24H27Cl2F3N2O2S. The Morgan fingerprint density at radius 1 is 1.18 bits per heavy atom. The van der Waals surface area contributed by atoms with Crippen LogP contribution in [-0.2, 0) is 10.9 Å². The molecule has 1 atom stereocenters. The molecule has 10 heteroatoms. The Labute approximate surface area is 213 Å². The summed E-state index contributed by atoms with van der Waals surface area (Å²) in [6.07, 6.45) is -3.15. The fourth-order valence-corrected chi connectivity index (χ4v) is 4.64. The van der Waals surface area contributed by atoms with Crippen LogP contribution >= 0.6 is 35.4 Å². The van der Waals surface area contributed by atoms with E-state index >= 15 is 0 Å². The van der Waals surface area contributed by atoms with Crippen molar-refractivity contribution in [2.24, 2.45) is 0 Å². The van der Waals surface area contributed by atoms with E-state index in [0.29, 0.717) is 25.4 Å². The Morgan fingerprint density at radius 3 is 2.50 bits per heavy atom. The number of ether oxygens (including phenoxy) is 2. The van der Waals surface area contributed by atoms with Gasteiger partial charge in [0.1, 0.15) is 5.75 Å². The number of hydrogen-bond donors (Lipinski definition) is 1. The fourth-order valence-electron chi connectivity index (χ4n) is 3.95. The first-order chi connectivity index (χ1) is 16.1. The Kier molecular flexibility index (Phi) is 9.46. The van der Waals surface area contributed by atoms with E-state index in [4.69, 9.17) is 44.9 Å². The molecule has 34 heavy (non-hydrogen) atoms. The van der Waals surface area contributed by atoms with E-state index in [2.05, 4.69) is 10.2 Å². The number of nitrogens with zero attached hydrogens (tertiary/aromatic N) is 1. The first kappa shape index (κ1) is 27.0. The molecule has 0 bridgehead atoms. The van der Waals surface area contributed by atoms with Gasteiger partial charge in [-0.3, -0.25) is 4.90 Å². The van der Waals surface area contributed by atoms with Crippen molar-refractivity contribution in [1.29, 1.82) is 0 Å². The first-order valence-electron chi connectivity index (χ1n) is 10.9. The van der Waals surface area contributed by atoms with Crippen LogP contribution in [0.15, 0.2) is 30.3 Å². The summed E-state index contributed by atoms with van der Waals surface area (Å²) in [6, 6.07) is 7.73. The number of methoxy groups -OCH3 is 1. The predicted molar refractivity (Wildman–Crippen MR) is 135 cm³/mol. The van der Waals surface area contributed by atoms with Crippen LogP contribution in [0, 0.1) is 6.92 Å². The number of halogens is 5. The van der Waals surface area contributed by atoms with Crippen molar-refractivity contribution in [2.75, 3.05) is 45.3 Å². The molecule has 0 aromatic heterocycles. The van der Waals surface area contributed by atoms with Gasteiger partial charge in [-0.1, -0.05) is 47.6 Å². The summed E-state index contributed by atoms with van der Waals surface area (Å²) < 4.78 is 51.9. The van der Waals surface area contributed by atoms with Crippen molar-refractivity contribution in [3.05, 3.63) is 57.1 Å². The van der Waals surface area contributed by atoms with Crippen molar-refractivity contribution >= 4 is 46.1 Å². The van der Waals surface area contributed by atoms with Crippen molar-refractivity contribution in [3.8, 4) is 5.75 Å². The summed E-state index contributed by atoms with van der Waals surface area (Å²) in [5.41, 5.74) is 0.693. The van der Waals surface area contributed by atoms with Crippen molar-refractivity contribution in [3.63, 3.8) is 0 Å². The molecule has 4 nitrogen and oxygen atoms in total. The third kappa shape index (κ3) is 6.98. The van der Waals surface area contributed by atoms with E-state index in [9.17, 15) is 13.2 Å². The number of nitrogens with one attached hydrogen (secondary N) is 1. The van der Waals surface area contributed by atoms with Gasteiger partial charge in [0, 0.05) is 19.0 Å². The van der Waals surface area contributed by atoms with E-state index < -0.39 is 11.7 Å². The maximum absolute atomic E-state index is 13.7. The quantitative estimate of drug-likeness (QED) is 0.370. The van der Waals surface area contributed by atoms with Crippen molar-refractivity contribution in [2.45, 2.75) is 31.9 Å². The lowest BCUT2D eigenvalue weighted by Crippen LogP contribution is -2.37. The highest BCUT2D eigenvalue weighted by Gasteiger charge is 2.35. The molecule has 0 radical (unpaired) electrons. The Hall–Kier alpha value is -1.58. The number of morpholine rings is 1. The lowest BCUT2D eigenvalue weighted by Gasteiger charge is -2.28. The van der Waals surface area contributed by atoms with Crippen LogP contribution in [0.25, 0.3) is 0 Å². The minimum atomic E-state index is -4.62. The molecule has 0 spiro atoms. The average Bonchev–Trinajstić information content (AvgIpc) is 2.79. The van der Waals surface area contributed by atoms with E-state index in [1.54, 1.807) is 7.11 Å². The molecule has 1 aliphatic rings. The van der Waals surface area contributed by atoms with Gasteiger partial charge < -0.3 is 14.8 Å². The lowest BCUT2D eigenvalue weighted by atomic mass is 9.92. The number of aryl methyl sites for hydroxylation is 1. The zero-order valence-electron chi connectivity index (χ0n) is 19.0. The van der Waals surface area contributed by atoms with E-state index in [-0.39, 0.29) is 26.6 Å². The molecule has 0 saturated carbocycles. The molecule has 186 valence electrons. The Morgan fingerprint density at radius 2 is 1.85 bits per heavy atom. The van der Waals surface area contributed by atoms with Gasteiger partial charge in [0.2, 0.25) is 0 Å². The third-order valence-corrected chi connectivity index (χ3v) is 6.95. The Balaban J connectivity index is 1.86. The van der Waals surface area contributed by atoms with Gasteiger partial charge in [-0.15, -0.1) is 0 Å². The highest BCUT2D eigenvalue weighted by molar-refractivity contribution is 7.80. The van der Waals surface area contributed by atoms with Crippen LogP contribution in [0.5, 0.6) is 5.75 Å². The maximum Gasteiger partial charge on any atom is 0.418 e. The third-order valence-electron chi connectivity index (χ3n) is 5.85. The van der Waals surface area contributed by atoms with Gasteiger partial charge in [0.25, 0.3) is 0 Å². The minimum absolute atomic E-state index is 0.0147. The molecule has 1 fully saturated rings. The molecular weight excluding hydrogens is 508 g/mol. The monoisotopic (exact) mass is 534 g/mol. The smallest absolute Gasteiger partial charge is 0.418 e. The second-order valence-electron chi connectivity index (χ2n) is 8.18. The summed E-state index contributed by atoms with van der Waals surface area (Å²) in [7, 11) is 1.58. The van der Waals surface area contributed by atoms with Gasteiger partial charge in [-0.2, -0.15) is 13.2 Å². The van der Waals surface area contributed by atoms with Crippen LogP contribution < -0.4 is 10.1 Å². The zero-order valence-corrected chi connectivity index (χ0v) is 21.3. The van der Waals surface area contributed by atoms with Crippen LogP contribution in [0.1, 0.15) is 35.4 Å². The molecule has 2 aromatic carbocycles. The largest absolute Gasteiger partial charge is 0.496 e. The van der Waals surface area contributed by atoms with Gasteiger partial charge in [-0.25, -0.2) is 0 Å². The van der Waals surface area contributed by atoms with Crippen molar-refractivity contribution in [1.82, 2.24) is 4.90 Å². The molecule has 1 heterocycles. The summed E-state index contributed by atoms with van der Waals surface area (Å²) >= 11 is 17.5. The summed E-state index contributed by atoms with van der Waals surface area (Å²) in [5.74, 6) is 0.380. The Bertz CT molecular complexity index is 1010. The van der Waals surface area contributed by atoms with Gasteiger partial charge >= 0.3 is 6.18 Å². The minimum Gasteiger partial charge on any atom is -0.496 e. The molecule has 0 aliphatic carbocycles. The van der Waals surface area contributed by atoms with Crippen LogP contribution in [-0.4, -0.2) is 49.8 Å². The van der Waals surface area contributed by atoms with Crippen LogP contribution in [0.2, 0.25) is 10.0 Å². The van der Waals surface area contributed by atoms with Gasteiger partial charge in [-0.05, 0) is 55.6 Å². The number of alkyl halides is 3. The first-order valence-corrected chi connectivity index (χ1v) is 12.1. The van der Waals surface area contributed by atoms with E-state index in [0.717, 1.165) is 43.2 Å². The molecule has 2 aromatic rings. The number of rotatable bonds is 8. The zero-order chi connectivity index (χ0) is 24.9. The number of anilines is 1. The fraction of sp³-hybridized carbons (Fsp3) is 0.458. The molecule has 1 aliphatic heterocycles. The van der Waals surface area contributed by atoms with Crippen LogP contribution in [0.3, 0.4) is 0 Å². The van der Waals surface area contributed by atoms with E-state index in [1.165, 1.54) is 6.07 Å². The molecule has 3 rings (SSSR count). The molecule has 1 N–H and O–H groups in total. The number of benzene rings is 2. The molecule has 1 unspecified atom stereocenters. The predicted octanol–water partition coefficient (Wildman–Crippen LogP) is 6.96. The average molecular weight is 535 g/mol. The topological polar surface area (TPSA) is 33.7 Å². The van der Waals surface area contributed by atoms with Gasteiger partial charge in [0.15, 0.2) is 0 Å². The van der Waals surface area contributed by atoms with E-state index in [1.807, 2.05) is 25.1 Å². The highest BCUT2D eigenvalue weighted by atomic mass is 35.5. The number of hydrogen-bond acceptors (Lipinski definition) is 4. The summed E-state index contributed by atoms with van der Waals surface area (Å²) in [5, 5.41) is 2.66. The summed E-state index contributed by atoms with van der Waals surface area (Å²) in [6.45, 7) is 5.92. The maximum atomic E-state index is 13.7. The molecule has 1 saturated heterocycles.